The first-order valence-electron chi connectivity index (χ1n) is 6.38. The molecular weight excluding hydrogens is 236 g/mol. The molecule has 0 radical (unpaired) electrons. The van der Waals surface area contributed by atoms with Crippen molar-refractivity contribution in [1.82, 2.24) is 9.59 Å². The van der Waals surface area contributed by atoms with Crippen LogP contribution in [0.25, 0.3) is 0 Å². The van der Waals surface area contributed by atoms with E-state index in [0.29, 0.717) is 5.92 Å². The molecule has 1 aliphatic heterocycles. The van der Waals surface area contributed by atoms with Crippen LogP contribution in [0.4, 0.5) is 0 Å². The van der Waals surface area contributed by atoms with Crippen molar-refractivity contribution in [3.05, 3.63) is 10.6 Å². The van der Waals surface area contributed by atoms with Crippen LogP contribution in [0, 0.1) is 5.92 Å². The Morgan fingerprint density at radius 1 is 1.47 bits per heavy atom. The van der Waals surface area contributed by atoms with Gasteiger partial charge in [-0.25, -0.2) is 0 Å². The highest BCUT2D eigenvalue weighted by molar-refractivity contribution is 7.05. The van der Waals surface area contributed by atoms with Crippen LogP contribution in [-0.2, 0) is 11.2 Å². The second-order valence-electron chi connectivity index (χ2n) is 4.64. The maximum Gasteiger partial charge on any atom is 0.0919 e. The number of nitrogens with zero attached hydrogens (tertiary/aromatic N) is 2. The Morgan fingerprint density at radius 3 is 2.94 bits per heavy atom. The molecular formula is C12H20N2O2S. The second-order valence-corrected chi connectivity index (χ2v) is 5.43. The third kappa shape index (κ3) is 3.47. The van der Waals surface area contributed by atoms with Crippen LogP contribution in [-0.4, -0.2) is 27.9 Å². The van der Waals surface area contributed by atoms with Gasteiger partial charge in [-0.3, -0.25) is 0 Å². The summed E-state index contributed by atoms with van der Waals surface area (Å²) in [6.45, 7) is 3.79. The number of rotatable bonds is 5. The Bertz CT molecular complexity index is 337. The third-order valence-electron chi connectivity index (χ3n) is 3.27. The molecule has 0 amide bonds. The van der Waals surface area contributed by atoms with Crippen LogP contribution in [0.5, 0.6) is 0 Å². The Kier molecular flexibility index (Phi) is 4.88. The minimum atomic E-state index is -0.389. The highest BCUT2D eigenvalue weighted by Crippen LogP contribution is 2.30. The molecule has 2 heterocycles. The quantitative estimate of drug-likeness (QED) is 0.878. The van der Waals surface area contributed by atoms with E-state index >= 15 is 0 Å². The summed E-state index contributed by atoms with van der Waals surface area (Å²) in [5, 5.41) is 14.4. The van der Waals surface area contributed by atoms with Gasteiger partial charge in [0.1, 0.15) is 0 Å². The van der Waals surface area contributed by atoms with Crippen molar-refractivity contribution < 1.29 is 9.84 Å². The smallest absolute Gasteiger partial charge is 0.0919 e. The molecule has 17 heavy (non-hydrogen) atoms. The van der Waals surface area contributed by atoms with Crippen LogP contribution in [0.15, 0.2) is 0 Å². The summed E-state index contributed by atoms with van der Waals surface area (Å²) in [5.41, 5.74) is 0.983. The van der Waals surface area contributed by atoms with Gasteiger partial charge in [-0.05, 0) is 43.1 Å². The SMILES string of the molecule is CCCc1nnsc1C(O)CC1CCOCC1. The van der Waals surface area contributed by atoms with Crippen molar-refractivity contribution in [3.63, 3.8) is 0 Å². The monoisotopic (exact) mass is 256 g/mol. The van der Waals surface area contributed by atoms with E-state index in [-0.39, 0.29) is 6.10 Å². The second kappa shape index (κ2) is 6.42. The molecule has 1 N–H and O–H groups in total. The van der Waals surface area contributed by atoms with Gasteiger partial charge in [0.2, 0.25) is 0 Å². The van der Waals surface area contributed by atoms with Gasteiger partial charge in [0, 0.05) is 13.2 Å². The number of hydrogen-bond donors (Lipinski definition) is 1. The number of ether oxygens (including phenoxy) is 1. The predicted molar refractivity (Wildman–Crippen MR) is 67.0 cm³/mol. The Balaban J connectivity index is 1.93. The average Bonchev–Trinajstić information content (AvgIpc) is 2.79. The summed E-state index contributed by atoms with van der Waals surface area (Å²) in [6, 6.07) is 0. The molecule has 4 nitrogen and oxygen atoms in total. The Morgan fingerprint density at radius 2 is 2.24 bits per heavy atom. The Labute approximate surface area is 106 Å². The van der Waals surface area contributed by atoms with Crippen molar-refractivity contribution >= 4 is 11.5 Å². The van der Waals surface area contributed by atoms with Gasteiger partial charge in [-0.2, -0.15) is 0 Å². The van der Waals surface area contributed by atoms with Gasteiger partial charge in [0.25, 0.3) is 0 Å². The summed E-state index contributed by atoms with van der Waals surface area (Å²) in [4.78, 5) is 0.971. The number of aromatic nitrogens is 2. The average molecular weight is 256 g/mol. The maximum atomic E-state index is 10.3. The summed E-state index contributed by atoms with van der Waals surface area (Å²) in [7, 11) is 0. The van der Waals surface area contributed by atoms with Crippen molar-refractivity contribution in [3.8, 4) is 0 Å². The third-order valence-corrected chi connectivity index (χ3v) is 4.14. The molecule has 0 aromatic carbocycles. The molecule has 1 atom stereocenters. The van der Waals surface area contributed by atoms with Crippen LogP contribution < -0.4 is 0 Å². The predicted octanol–water partition coefficient (Wildman–Crippen LogP) is 2.34. The van der Waals surface area contributed by atoms with Crippen LogP contribution in [0.3, 0.4) is 0 Å². The van der Waals surface area contributed by atoms with Crippen LogP contribution in [0.1, 0.15) is 49.3 Å². The van der Waals surface area contributed by atoms with E-state index in [4.69, 9.17) is 4.74 Å². The van der Waals surface area contributed by atoms with E-state index in [1.165, 1.54) is 11.5 Å². The summed E-state index contributed by atoms with van der Waals surface area (Å²) in [5.74, 6) is 0.579. The molecule has 0 aliphatic carbocycles. The van der Waals surface area contributed by atoms with Gasteiger partial charge < -0.3 is 9.84 Å². The highest BCUT2D eigenvalue weighted by atomic mass is 32.1. The van der Waals surface area contributed by atoms with Crippen molar-refractivity contribution in [2.24, 2.45) is 5.92 Å². The van der Waals surface area contributed by atoms with Crippen LogP contribution in [0.2, 0.25) is 0 Å². The zero-order chi connectivity index (χ0) is 12.1. The minimum absolute atomic E-state index is 0.389. The molecule has 1 aromatic heterocycles. The first-order valence-corrected chi connectivity index (χ1v) is 7.15. The van der Waals surface area contributed by atoms with E-state index in [9.17, 15) is 5.11 Å². The molecule has 2 rings (SSSR count). The Hall–Kier alpha value is -0.520. The number of aryl methyl sites for hydroxylation is 1. The van der Waals surface area contributed by atoms with Crippen molar-refractivity contribution in [2.75, 3.05) is 13.2 Å². The topological polar surface area (TPSA) is 55.2 Å². The fourth-order valence-corrected chi connectivity index (χ4v) is 2.98. The molecule has 5 heteroatoms. The molecule has 0 saturated carbocycles. The molecule has 1 unspecified atom stereocenters. The molecule has 1 saturated heterocycles. The standard InChI is InChI=1S/C12H20N2O2S/c1-2-3-10-12(17-14-13-10)11(15)8-9-4-6-16-7-5-9/h9,11,15H,2-8H2,1H3. The highest BCUT2D eigenvalue weighted by Gasteiger charge is 2.22. The van der Waals surface area contributed by atoms with E-state index < -0.39 is 0 Å². The first kappa shape index (κ1) is 12.9. The summed E-state index contributed by atoms with van der Waals surface area (Å²) in [6.07, 6.45) is 4.52. The van der Waals surface area contributed by atoms with E-state index in [2.05, 4.69) is 16.5 Å². The molecule has 1 aromatic rings. The first-order chi connectivity index (χ1) is 8.31. The molecule has 0 bridgehead atoms. The van der Waals surface area contributed by atoms with Gasteiger partial charge in [-0.15, -0.1) is 5.10 Å². The molecule has 1 fully saturated rings. The lowest BCUT2D eigenvalue weighted by Gasteiger charge is -2.23. The zero-order valence-corrected chi connectivity index (χ0v) is 11.1. The number of aliphatic hydroxyl groups is 1. The van der Waals surface area contributed by atoms with Crippen LogP contribution >= 0.6 is 11.5 Å². The van der Waals surface area contributed by atoms with E-state index in [1.807, 2.05) is 0 Å². The van der Waals surface area contributed by atoms with Crippen molar-refractivity contribution in [2.45, 2.75) is 45.1 Å². The van der Waals surface area contributed by atoms with Crippen molar-refractivity contribution in [1.29, 1.82) is 0 Å². The fourth-order valence-electron chi connectivity index (χ4n) is 2.28. The number of hydrogen-bond acceptors (Lipinski definition) is 5. The largest absolute Gasteiger partial charge is 0.387 e. The minimum Gasteiger partial charge on any atom is -0.387 e. The summed E-state index contributed by atoms with van der Waals surface area (Å²) >= 11 is 1.34. The zero-order valence-electron chi connectivity index (χ0n) is 10.3. The molecule has 96 valence electrons. The lowest BCUT2D eigenvalue weighted by atomic mass is 9.92. The maximum absolute atomic E-state index is 10.3. The summed E-state index contributed by atoms with van der Waals surface area (Å²) < 4.78 is 9.29. The van der Waals surface area contributed by atoms with Gasteiger partial charge in [-0.1, -0.05) is 17.8 Å². The fraction of sp³-hybridized carbons (Fsp3) is 0.833. The normalized spacial score (nSPS) is 19.4. The number of aliphatic hydroxyl groups excluding tert-OH is 1. The van der Waals surface area contributed by atoms with E-state index in [1.54, 1.807) is 0 Å². The van der Waals surface area contributed by atoms with E-state index in [0.717, 1.165) is 55.9 Å². The van der Waals surface area contributed by atoms with Gasteiger partial charge >= 0.3 is 0 Å². The van der Waals surface area contributed by atoms with Gasteiger partial charge in [0.05, 0.1) is 16.7 Å². The molecule has 1 aliphatic rings. The lowest BCUT2D eigenvalue weighted by molar-refractivity contribution is 0.0440. The van der Waals surface area contributed by atoms with Gasteiger partial charge in [0.15, 0.2) is 0 Å². The lowest BCUT2D eigenvalue weighted by Crippen LogP contribution is -2.18. The molecule has 0 spiro atoms.